The van der Waals surface area contributed by atoms with Crippen LogP contribution >= 0.6 is 12.2 Å². The normalized spacial score (nSPS) is 20.3. The van der Waals surface area contributed by atoms with Gasteiger partial charge >= 0.3 is 0 Å². The molecule has 78 valence electrons. The number of hydrogen-bond donors (Lipinski definition) is 3. The third kappa shape index (κ3) is 3.69. The van der Waals surface area contributed by atoms with E-state index in [2.05, 4.69) is 22.9 Å². The molecule has 0 aromatic rings. The van der Waals surface area contributed by atoms with E-state index in [9.17, 15) is 9.59 Å². The number of thiocarbonyl (C=S) groups is 1. The molecule has 6 heteroatoms. The SMILES string of the molecule is NC(=S)CC(=O)NCC1CCC(=O)N1. The number of rotatable bonds is 4. The van der Waals surface area contributed by atoms with Gasteiger partial charge in [-0.1, -0.05) is 12.2 Å². The van der Waals surface area contributed by atoms with E-state index in [1.807, 2.05) is 0 Å². The highest BCUT2D eigenvalue weighted by Crippen LogP contribution is 2.04. The Labute approximate surface area is 87.4 Å². The summed E-state index contributed by atoms with van der Waals surface area (Å²) in [7, 11) is 0. The molecule has 0 bridgehead atoms. The minimum Gasteiger partial charge on any atom is -0.393 e. The first-order chi connectivity index (χ1) is 6.58. The molecular formula is C8H13N3O2S. The molecule has 0 spiro atoms. The number of carbonyl (C=O) groups excluding carboxylic acids is 2. The van der Waals surface area contributed by atoms with Crippen molar-refractivity contribution in [1.82, 2.24) is 10.6 Å². The Balaban J connectivity index is 2.17. The molecule has 1 fully saturated rings. The average molecular weight is 215 g/mol. The Morgan fingerprint density at radius 2 is 2.43 bits per heavy atom. The van der Waals surface area contributed by atoms with Gasteiger partial charge in [0.1, 0.15) is 0 Å². The molecular weight excluding hydrogens is 202 g/mol. The fraction of sp³-hybridized carbons (Fsp3) is 0.625. The molecule has 1 heterocycles. The molecule has 1 aliphatic rings. The van der Waals surface area contributed by atoms with Crippen LogP contribution in [0, 0.1) is 0 Å². The first kappa shape index (κ1) is 10.9. The predicted molar refractivity (Wildman–Crippen MR) is 55.6 cm³/mol. The van der Waals surface area contributed by atoms with Crippen molar-refractivity contribution in [2.24, 2.45) is 5.73 Å². The van der Waals surface area contributed by atoms with E-state index in [1.54, 1.807) is 0 Å². The third-order valence-electron chi connectivity index (χ3n) is 1.97. The number of amides is 2. The zero-order valence-corrected chi connectivity index (χ0v) is 8.52. The fourth-order valence-corrected chi connectivity index (χ4v) is 1.42. The molecule has 0 aliphatic carbocycles. The summed E-state index contributed by atoms with van der Waals surface area (Å²) in [5.41, 5.74) is 5.20. The van der Waals surface area contributed by atoms with E-state index in [1.165, 1.54) is 0 Å². The summed E-state index contributed by atoms with van der Waals surface area (Å²) in [6.07, 6.45) is 1.37. The van der Waals surface area contributed by atoms with Crippen LogP contribution < -0.4 is 16.4 Å². The van der Waals surface area contributed by atoms with Gasteiger partial charge in [-0.3, -0.25) is 9.59 Å². The number of carbonyl (C=O) groups is 2. The van der Waals surface area contributed by atoms with Crippen molar-refractivity contribution in [1.29, 1.82) is 0 Å². The Morgan fingerprint density at radius 3 is 2.93 bits per heavy atom. The van der Waals surface area contributed by atoms with Crippen LogP contribution in [-0.2, 0) is 9.59 Å². The molecule has 1 aliphatic heterocycles. The lowest BCUT2D eigenvalue weighted by Crippen LogP contribution is -2.39. The van der Waals surface area contributed by atoms with Gasteiger partial charge in [0, 0.05) is 19.0 Å². The maximum Gasteiger partial charge on any atom is 0.226 e. The zero-order chi connectivity index (χ0) is 10.6. The molecule has 1 unspecified atom stereocenters. The Kier molecular flexibility index (Phi) is 3.82. The van der Waals surface area contributed by atoms with Crippen molar-refractivity contribution < 1.29 is 9.59 Å². The van der Waals surface area contributed by atoms with E-state index < -0.39 is 0 Å². The van der Waals surface area contributed by atoms with Gasteiger partial charge in [-0.05, 0) is 6.42 Å². The maximum atomic E-state index is 11.1. The number of nitrogens with two attached hydrogens (primary N) is 1. The van der Waals surface area contributed by atoms with Crippen LogP contribution in [0.3, 0.4) is 0 Å². The Bertz CT molecular complexity index is 267. The van der Waals surface area contributed by atoms with Crippen LogP contribution in [0.5, 0.6) is 0 Å². The van der Waals surface area contributed by atoms with Crippen molar-refractivity contribution in [3.63, 3.8) is 0 Å². The van der Waals surface area contributed by atoms with E-state index in [4.69, 9.17) is 5.73 Å². The summed E-state index contributed by atoms with van der Waals surface area (Å²) in [6.45, 7) is 0.452. The van der Waals surface area contributed by atoms with E-state index >= 15 is 0 Å². The summed E-state index contributed by atoms with van der Waals surface area (Å²) in [5.74, 6) is -0.155. The highest BCUT2D eigenvalue weighted by Gasteiger charge is 2.20. The summed E-state index contributed by atoms with van der Waals surface area (Å²) in [6, 6.07) is 0.0535. The topological polar surface area (TPSA) is 84.2 Å². The van der Waals surface area contributed by atoms with Crippen LogP contribution in [0.1, 0.15) is 19.3 Å². The van der Waals surface area contributed by atoms with E-state index in [0.717, 1.165) is 6.42 Å². The van der Waals surface area contributed by atoms with Gasteiger partial charge in [0.25, 0.3) is 0 Å². The fourth-order valence-electron chi connectivity index (χ4n) is 1.29. The van der Waals surface area contributed by atoms with Gasteiger partial charge in [0.2, 0.25) is 11.8 Å². The summed E-state index contributed by atoms with van der Waals surface area (Å²) in [5, 5.41) is 5.40. The summed E-state index contributed by atoms with van der Waals surface area (Å²) >= 11 is 4.59. The minimum atomic E-state index is -0.196. The van der Waals surface area contributed by atoms with Crippen LogP contribution in [0.15, 0.2) is 0 Å². The second-order valence-corrected chi connectivity index (χ2v) is 3.77. The lowest BCUT2D eigenvalue weighted by atomic mass is 10.2. The smallest absolute Gasteiger partial charge is 0.226 e. The van der Waals surface area contributed by atoms with Gasteiger partial charge in [-0.25, -0.2) is 0 Å². The van der Waals surface area contributed by atoms with Crippen LogP contribution in [0.4, 0.5) is 0 Å². The van der Waals surface area contributed by atoms with E-state index in [-0.39, 0.29) is 29.3 Å². The van der Waals surface area contributed by atoms with Gasteiger partial charge in [0.15, 0.2) is 0 Å². The van der Waals surface area contributed by atoms with Gasteiger partial charge in [-0.15, -0.1) is 0 Å². The van der Waals surface area contributed by atoms with E-state index in [0.29, 0.717) is 13.0 Å². The van der Waals surface area contributed by atoms with Crippen LogP contribution in [-0.4, -0.2) is 29.4 Å². The monoisotopic (exact) mass is 215 g/mol. The highest BCUT2D eigenvalue weighted by atomic mass is 32.1. The van der Waals surface area contributed by atoms with Gasteiger partial charge < -0.3 is 16.4 Å². The van der Waals surface area contributed by atoms with Crippen molar-refractivity contribution in [3.05, 3.63) is 0 Å². The lowest BCUT2D eigenvalue weighted by molar-refractivity contribution is -0.121. The van der Waals surface area contributed by atoms with Gasteiger partial charge in [0.05, 0.1) is 11.4 Å². The largest absolute Gasteiger partial charge is 0.393 e. The second kappa shape index (κ2) is 4.90. The third-order valence-corrected chi connectivity index (χ3v) is 2.11. The quantitative estimate of drug-likeness (QED) is 0.528. The van der Waals surface area contributed by atoms with Crippen molar-refractivity contribution in [3.8, 4) is 0 Å². The summed E-state index contributed by atoms with van der Waals surface area (Å²) < 4.78 is 0. The Morgan fingerprint density at radius 1 is 1.71 bits per heavy atom. The molecule has 2 amide bonds. The molecule has 4 N–H and O–H groups in total. The van der Waals surface area contributed by atoms with Crippen LogP contribution in [0.25, 0.3) is 0 Å². The highest BCUT2D eigenvalue weighted by molar-refractivity contribution is 7.80. The standard InChI is InChI=1S/C8H13N3O2S/c9-6(14)3-8(13)10-4-5-1-2-7(12)11-5/h5H,1-4H2,(H2,9,14)(H,10,13)(H,11,12). The average Bonchev–Trinajstić information content (AvgIpc) is 2.47. The summed E-state index contributed by atoms with van der Waals surface area (Å²) in [4.78, 5) is 22.1. The molecule has 0 saturated carbocycles. The first-order valence-electron chi connectivity index (χ1n) is 4.42. The van der Waals surface area contributed by atoms with Gasteiger partial charge in [-0.2, -0.15) is 0 Å². The Hall–Kier alpha value is -1.17. The first-order valence-corrected chi connectivity index (χ1v) is 4.83. The molecule has 1 atom stereocenters. The molecule has 0 aromatic carbocycles. The second-order valence-electron chi connectivity index (χ2n) is 3.25. The van der Waals surface area contributed by atoms with Crippen molar-refractivity contribution in [2.45, 2.75) is 25.3 Å². The number of hydrogen-bond acceptors (Lipinski definition) is 3. The maximum absolute atomic E-state index is 11.1. The molecule has 1 saturated heterocycles. The molecule has 0 radical (unpaired) electrons. The molecule has 14 heavy (non-hydrogen) atoms. The molecule has 5 nitrogen and oxygen atoms in total. The van der Waals surface area contributed by atoms with Crippen LogP contribution in [0.2, 0.25) is 0 Å². The predicted octanol–water partition coefficient (Wildman–Crippen LogP) is -0.943. The zero-order valence-electron chi connectivity index (χ0n) is 7.71. The molecule has 0 aromatic heterocycles. The lowest BCUT2D eigenvalue weighted by Gasteiger charge is -2.10. The minimum absolute atomic E-state index is 0.0404. The molecule has 1 rings (SSSR count). The van der Waals surface area contributed by atoms with Crippen molar-refractivity contribution >= 4 is 29.0 Å². The van der Waals surface area contributed by atoms with Crippen molar-refractivity contribution in [2.75, 3.05) is 6.54 Å². The number of nitrogens with one attached hydrogen (secondary N) is 2.